The Hall–Kier alpha value is -0.420. The van der Waals surface area contributed by atoms with E-state index < -0.39 is 0 Å². The van der Waals surface area contributed by atoms with Crippen LogP contribution in [0.5, 0.6) is 0 Å². The number of piperidine rings is 1. The minimum atomic E-state index is 0.698. The monoisotopic (exact) mass is 349 g/mol. The molecule has 3 heterocycles. The predicted octanol–water partition coefficient (Wildman–Crippen LogP) is 3.90. The lowest BCUT2D eigenvalue weighted by Gasteiger charge is -2.37. The Bertz CT molecular complexity index is 493. The third-order valence-corrected chi connectivity index (χ3v) is 6.63. The van der Waals surface area contributed by atoms with Crippen LogP contribution in [0.25, 0.3) is 0 Å². The normalized spacial score (nSPS) is 23.6. The number of thiophene rings is 1. The molecule has 0 radical (unpaired) electrons. The Morgan fingerprint density at radius 1 is 1.12 bits per heavy atom. The molecule has 0 aromatic carbocycles. The standard InChI is InChI=1S/C20H35N3S/c1-17(2)23-12-6-7-18(14-23)13-21(3)15-19-8-9-20(24-19)16-22-10-4-5-11-22/h8-9,17-18H,4-7,10-16H2,1-3H3/t18-/m0/s1. The van der Waals surface area contributed by atoms with Crippen molar-refractivity contribution in [2.75, 3.05) is 39.8 Å². The number of rotatable bonds is 7. The van der Waals surface area contributed by atoms with Crippen LogP contribution in [0.2, 0.25) is 0 Å². The van der Waals surface area contributed by atoms with Crippen LogP contribution in [0.1, 0.15) is 49.3 Å². The summed E-state index contributed by atoms with van der Waals surface area (Å²) in [6.45, 7) is 13.3. The van der Waals surface area contributed by atoms with Crippen molar-refractivity contribution in [3.63, 3.8) is 0 Å². The van der Waals surface area contributed by atoms with E-state index in [4.69, 9.17) is 0 Å². The summed E-state index contributed by atoms with van der Waals surface area (Å²) in [4.78, 5) is 10.9. The van der Waals surface area contributed by atoms with Crippen molar-refractivity contribution in [2.45, 2.75) is 58.7 Å². The minimum absolute atomic E-state index is 0.698. The van der Waals surface area contributed by atoms with Gasteiger partial charge in [0.05, 0.1) is 0 Å². The molecule has 1 aromatic heterocycles. The summed E-state index contributed by atoms with van der Waals surface area (Å²) in [5, 5.41) is 0. The molecule has 2 fully saturated rings. The van der Waals surface area contributed by atoms with Crippen LogP contribution in [-0.2, 0) is 13.1 Å². The highest BCUT2D eigenvalue weighted by Gasteiger charge is 2.22. The van der Waals surface area contributed by atoms with E-state index in [0.717, 1.165) is 12.5 Å². The second-order valence-corrected chi connectivity index (χ2v) is 9.40. The number of nitrogens with zero attached hydrogens (tertiary/aromatic N) is 3. The van der Waals surface area contributed by atoms with Crippen molar-refractivity contribution in [1.82, 2.24) is 14.7 Å². The zero-order chi connectivity index (χ0) is 16.9. The topological polar surface area (TPSA) is 9.72 Å². The highest BCUT2D eigenvalue weighted by molar-refractivity contribution is 7.11. The Balaban J connectivity index is 1.44. The largest absolute Gasteiger partial charge is 0.301 e. The molecule has 0 spiro atoms. The Labute approximate surface area is 152 Å². The van der Waals surface area contributed by atoms with E-state index in [2.05, 4.69) is 47.7 Å². The van der Waals surface area contributed by atoms with Crippen molar-refractivity contribution in [3.8, 4) is 0 Å². The molecule has 2 aliphatic rings. The lowest BCUT2D eigenvalue weighted by atomic mass is 9.96. The van der Waals surface area contributed by atoms with E-state index in [1.807, 2.05) is 11.3 Å². The van der Waals surface area contributed by atoms with Gasteiger partial charge in [0.2, 0.25) is 0 Å². The summed E-state index contributed by atoms with van der Waals surface area (Å²) < 4.78 is 0. The first kappa shape index (κ1) is 18.4. The molecule has 0 amide bonds. The summed E-state index contributed by atoms with van der Waals surface area (Å²) in [6, 6.07) is 5.41. The van der Waals surface area contributed by atoms with Gasteiger partial charge in [0.15, 0.2) is 0 Å². The Morgan fingerprint density at radius 3 is 2.62 bits per heavy atom. The molecule has 3 nitrogen and oxygen atoms in total. The SMILES string of the molecule is CC(C)N1CCC[C@@H](CN(C)Cc2ccc(CN3CCCC3)s2)C1. The van der Waals surface area contributed by atoms with Crippen molar-refractivity contribution in [2.24, 2.45) is 5.92 Å². The lowest BCUT2D eigenvalue weighted by molar-refractivity contribution is 0.116. The van der Waals surface area contributed by atoms with Crippen LogP contribution < -0.4 is 0 Å². The van der Waals surface area contributed by atoms with Crippen molar-refractivity contribution in [3.05, 3.63) is 21.9 Å². The second-order valence-electron chi connectivity index (χ2n) is 8.14. The fourth-order valence-corrected chi connectivity index (χ4v) is 5.38. The number of hydrogen-bond acceptors (Lipinski definition) is 4. The van der Waals surface area contributed by atoms with Crippen LogP contribution in [0.3, 0.4) is 0 Å². The molecule has 24 heavy (non-hydrogen) atoms. The Kier molecular flexibility index (Phi) is 6.73. The summed E-state index contributed by atoms with van der Waals surface area (Å²) in [6.07, 6.45) is 5.54. The van der Waals surface area contributed by atoms with E-state index in [1.54, 1.807) is 4.88 Å². The van der Waals surface area contributed by atoms with Gasteiger partial charge in [-0.15, -0.1) is 11.3 Å². The van der Waals surface area contributed by atoms with E-state index in [1.165, 1.54) is 69.8 Å². The molecule has 0 unspecified atom stereocenters. The van der Waals surface area contributed by atoms with Gasteiger partial charge in [-0.25, -0.2) is 0 Å². The second kappa shape index (κ2) is 8.79. The smallest absolute Gasteiger partial charge is 0.0328 e. The molecular formula is C20H35N3S. The fraction of sp³-hybridized carbons (Fsp3) is 0.800. The van der Waals surface area contributed by atoms with Gasteiger partial charge in [-0.2, -0.15) is 0 Å². The van der Waals surface area contributed by atoms with Gasteiger partial charge in [0.25, 0.3) is 0 Å². The summed E-state index contributed by atoms with van der Waals surface area (Å²) in [5.74, 6) is 0.843. The van der Waals surface area contributed by atoms with E-state index >= 15 is 0 Å². The molecule has 2 saturated heterocycles. The molecule has 4 heteroatoms. The molecule has 2 aliphatic heterocycles. The first-order valence-corrected chi connectivity index (χ1v) is 10.6. The molecule has 1 aromatic rings. The van der Waals surface area contributed by atoms with Crippen LogP contribution in [-0.4, -0.2) is 60.5 Å². The maximum absolute atomic E-state index is 2.65. The van der Waals surface area contributed by atoms with Gasteiger partial charge in [0, 0.05) is 42.0 Å². The number of hydrogen-bond donors (Lipinski definition) is 0. The molecule has 1 atom stereocenters. The Morgan fingerprint density at radius 2 is 1.88 bits per heavy atom. The molecule has 136 valence electrons. The summed E-state index contributed by atoms with van der Waals surface area (Å²) in [5.41, 5.74) is 0. The first-order valence-electron chi connectivity index (χ1n) is 9.82. The van der Waals surface area contributed by atoms with Crippen molar-refractivity contribution >= 4 is 11.3 Å². The van der Waals surface area contributed by atoms with Gasteiger partial charge >= 0.3 is 0 Å². The van der Waals surface area contributed by atoms with Gasteiger partial charge in [-0.1, -0.05) is 0 Å². The van der Waals surface area contributed by atoms with Crippen LogP contribution in [0.15, 0.2) is 12.1 Å². The van der Waals surface area contributed by atoms with Crippen LogP contribution >= 0.6 is 11.3 Å². The predicted molar refractivity (Wildman–Crippen MR) is 105 cm³/mol. The zero-order valence-corrected chi connectivity index (χ0v) is 16.7. The van der Waals surface area contributed by atoms with Gasteiger partial charge in [-0.05, 0) is 84.3 Å². The van der Waals surface area contributed by atoms with E-state index in [-0.39, 0.29) is 0 Å². The number of likely N-dealkylation sites (tertiary alicyclic amines) is 2. The van der Waals surface area contributed by atoms with Gasteiger partial charge in [0.1, 0.15) is 0 Å². The molecular weight excluding hydrogens is 314 g/mol. The lowest BCUT2D eigenvalue weighted by Crippen LogP contribution is -2.43. The quantitative estimate of drug-likeness (QED) is 0.739. The minimum Gasteiger partial charge on any atom is -0.301 e. The summed E-state index contributed by atoms with van der Waals surface area (Å²) in [7, 11) is 2.30. The third kappa shape index (κ3) is 5.29. The first-order chi connectivity index (χ1) is 11.6. The fourth-order valence-electron chi connectivity index (χ4n) is 4.24. The molecule has 0 bridgehead atoms. The maximum Gasteiger partial charge on any atom is 0.0328 e. The highest BCUT2D eigenvalue weighted by atomic mass is 32.1. The molecule has 0 saturated carbocycles. The van der Waals surface area contributed by atoms with Gasteiger partial charge in [-0.3, -0.25) is 4.90 Å². The zero-order valence-electron chi connectivity index (χ0n) is 15.8. The van der Waals surface area contributed by atoms with Crippen molar-refractivity contribution < 1.29 is 0 Å². The molecule has 0 N–H and O–H groups in total. The van der Waals surface area contributed by atoms with E-state index in [0.29, 0.717) is 6.04 Å². The molecule has 3 rings (SSSR count). The third-order valence-electron chi connectivity index (χ3n) is 5.57. The van der Waals surface area contributed by atoms with Gasteiger partial charge < -0.3 is 9.80 Å². The highest BCUT2D eigenvalue weighted by Crippen LogP contribution is 2.23. The van der Waals surface area contributed by atoms with Crippen LogP contribution in [0, 0.1) is 5.92 Å². The molecule has 0 aliphatic carbocycles. The van der Waals surface area contributed by atoms with Crippen LogP contribution in [0.4, 0.5) is 0 Å². The van der Waals surface area contributed by atoms with Crippen molar-refractivity contribution in [1.29, 1.82) is 0 Å². The maximum atomic E-state index is 2.65. The summed E-state index contributed by atoms with van der Waals surface area (Å²) >= 11 is 2.02. The average molecular weight is 350 g/mol. The van der Waals surface area contributed by atoms with E-state index in [9.17, 15) is 0 Å². The average Bonchev–Trinajstić information content (AvgIpc) is 3.20.